The summed E-state index contributed by atoms with van der Waals surface area (Å²) < 4.78 is 4.64. The second-order valence-electron chi connectivity index (χ2n) is 2.98. The standard InChI is InChI=1S/C8H13ClO2/c1-11-8(10)6-3-2-4-7(9)5-6/h6-7H,2-5H2,1H3. The van der Waals surface area contributed by atoms with E-state index < -0.39 is 0 Å². The lowest BCUT2D eigenvalue weighted by atomic mass is 9.89. The maximum atomic E-state index is 11.0. The highest BCUT2D eigenvalue weighted by Gasteiger charge is 2.26. The molecule has 0 aromatic carbocycles. The first kappa shape index (κ1) is 8.85. The fraction of sp³-hybridized carbons (Fsp3) is 0.875. The minimum atomic E-state index is -0.102. The average molecular weight is 177 g/mol. The molecule has 3 heteroatoms. The lowest BCUT2D eigenvalue weighted by Crippen LogP contribution is -2.23. The summed E-state index contributed by atoms with van der Waals surface area (Å²) in [4.78, 5) is 11.0. The molecule has 2 unspecified atom stereocenters. The lowest BCUT2D eigenvalue weighted by Gasteiger charge is -2.22. The van der Waals surface area contributed by atoms with Gasteiger partial charge in [-0.3, -0.25) is 4.79 Å². The Morgan fingerprint density at radius 1 is 1.55 bits per heavy atom. The number of halogens is 1. The SMILES string of the molecule is COC(=O)C1CCCC(Cl)C1. The van der Waals surface area contributed by atoms with E-state index in [0.29, 0.717) is 0 Å². The molecule has 0 amide bonds. The number of alkyl halides is 1. The van der Waals surface area contributed by atoms with Gasteiger partial charge in [-0.05, 0) is 19.3 Å². The predicted molar refractivity (Wildman–Crippen MR) is 43.6 cm³/mol. The topological polar surface area (TPSA) is 26.3 Å². The van der Waals surface area contributed by atoms with Gasteiger partial charge in [-0.1, -0.05) is 6.42 Å². The molecule has 1 saturated carbocycles. The van der Waals surface area contributed by atoms with E-state index in [1.54, 1.807) is 0 Å². The van der Waals surface area contributed by atoms with Crippen LogP contribution in [-0.2, 0) is 9.53 Å². The summed E-state index contributed by atoms with van der Waals surface area (Å²) in [5, 5.41) is 0.174. The third-order valence-corrected chi connectivity index (χ3v) is 2.54. The van der Waals surface area contributed by atoms with Gasteiger partial charge in [0.05, 0.1) is 13.0 Å². The van der Waals surface area contributed by atoms with Gasteiger partial charge < -0.3 is 4.74 Å². The van der Waals surface area contributed by atoms with Gasteiger partial charge in [-0.25, -0.2) is 0 Å². The van der Waals surface area contributed by atoms with E-state index in [9.17, 15) is 4.79 Å². The van der Waals surface area contributed by atoms with Crippen LogP contribution in [0.1, 0.15) is 25.7 Å². The fourth-order valence-electron chi connectivity index (χ4n) is 1.51. The van der Waals surface area contributed by atoms with Crippen molar-refractivity contribution in [1.82, 2.24) is 0 Å². The number of methoxy groups -OCH3 is 1. The van der Waals surface area contributed by atoms with Gasteiger partial charge in [-0.2, -0.15) is 0 Å². The number of ether oxygens (including phenoxy) is 1. The number of hydrogen-bond acceptors (Lipinski definition) is 2. The van der Waals surface area contributed by atoms with Crippen LogP contribution in [0.3, 0.4) is 0 Å². The average Bonchev–Trinajstić information content (AvgIpc) is 2.03. The molecule has 0 bridgehead atoms. The number of rotatable bonds is 1. The Kier molecular flexibility index (Phi) is 3.18. The van der Waals surface area contributed by atoms with Crippen LogP contribution in [0.25, 0.3) is 0 Å². The molecule has 11 heavy (non-hydrogen) atoms. The van der Waals surface area contributed by atoms with Gasteiger partial charge in [0.15, 0.2) is 0 Å². The third-order valence-electron chi connectivity index (χ3n) is 2.14. The Morgan fingerprint density at radius 3 is 2.82 bits per heavy atom. The van der Waals surface area contributed by atoms with Gasteiger partial charge >= 0.3 is 5.97 Å². The zero-order valence-corrected chi connectivity index (χ0v) is 7.43. The van der Waals surface area contributed by atoms with E-state index in [2.05, 4.69) is 4.74 Å². The molecule has 2 nitrogen and oxygen atoms in total. The van der Waals surface area contributed by atoms with Gasteiger partial charge in [0.2, 0.25) is 0 Å². The minimum absolute atomic E-state index is 0.0521. The molecule has 2 atom stereocenters. The molecule has 0 aromatic rings. The monoisotopic (exact) mass is 176 g/mol. The Labute approximate surface area is 71.9 Å². The van der Waals surface area contributed by atoms with Crippen molar-refractivity contribution in [2.75, 3.05) is 7.11 Å². The van der Waals surface area contributed by atoms with Crippen molar-refractivity contribution in [2.45, 2.75) is 31.1 Å². The second kappa shape index (κ2) is 3.96. The van der Waals surface area contributed by atoms with Crippen molar-refractivity contribution in [2.24, 2.45) is 5.92 Å². The van der Waals surface area contributed by atoms with Gasteiger partial charge in [-0.15, -0.1) is 11.6 Å². The normalized spacial score (nSPS) is 31.5. The summed E-state index contributed by atoms with van der Waals surface area (Å²) in [7, 11) is 1.43. The molecule has 1 fully saturated rings. The molecule has 1 aliphatic carbocycles. The number of hydrogen-bond donors (Lipinski definition) is 0. The molecule has 0 radical (unpaired) electrons. The summed E-state index contributed by atoms with van der Waals surface area (Å²) in [6.07, 6.45) is 3.81. The molecule has 0 heterocycles. The number of esters is 1. The Hall–Kier alpha value is -0.240. The lowest BCUT2D eigenvalue weighted by molar-refractivity contribution is -0.146. The Balaban J connectivity index is 2.39. The summed E-state index contributed by atoms with van der Waals surface area (Å²) in [6, 6.07) is 0. The van der Waals surface area contributed by atoms with E-state index in [4.69, 9.17) is 11.6 Å². The maximum Gasteiger partial charge on any atom is 0.308 e. The van der Waals surface area contributed by atoms with Crippen molar-refractivity contribution < 1.29 is 9.53 Å². The molecule has 1 aliphatic rings. The van der Waals surface area contributed by atoms with Crippen LogP contribution in [0.2, 0.25) is 0 Å². The summed E-state index contributed by atoms with van der Waals surface area (Å²) >= 11 is 5.90. The van der Waals surface area contributed by atoms with Gasteiger partial charge in [0.1, 0.15) is 0 Å². The fourth-order valence-corrected chi connectivity index (χ4v) is 1.88. The molecule has 64 valence electrons. The summed E-state index contributed by atoms with van der Waals surface area (Å²) in [6.45, 7) is 0. The van der Waals surface area contributed by atoms with Crippen molar-refractivity contribution in [3.63, 3.8) is 0 Å². The molecular formula is C8H13ClO2. The van der Waals surface area contributed by atoms with Crippen LogP contribution in [-0.4, -0.2) is 18.5 Å². The van der Waals surface area contributed by atoms with E-state index in [-0.39, 0.29) is 17.3 Å². The van der Waals surface area contributed by atoms with Crippen molar-refractivity contribution in [3.05, 3.63) is 0 Å². The van der Waals surface area contributed by atoms with Crippen LogP contribution >= 0.6 is 11.6 Å². The first-order chi connectivity index (χ1) is 5.24. The molecule has 0 aromatic heterocycles. The van der Waals surface area contributed by atoms with Gasteiger partial charge in [0.25, 0.3) is 0 Å². The molecule has 0 spiro atoms. The molecule has 1 rings (SSSR count). The predicted octanol–water partition coefficient (Wildman–Crippen LogP) is 1.96. The molecule has 0 saturated heterocycles. The van der Waals surface area contributed by atoms with Crippen LogP contribution < -0.4 is 0 Å². The quantitative estimate of drug-likeness (QED) is 0.451. The zero-order chi connectivity index (χ0) is 8.27. The van der Waals surface area contributed by atoms with Crippen LogP contribution in [0.5, 0.6) is 0 Å². The first-order valence-electron chi connectivity index (χ1n) is 3.96. The molecule has 0 aliphatic heterocycles. The Morgan fingerprint density at radius 2 is 2.27 bits per heavy atom. The summed E-state index contributed by atoms with van der Waals surface area (Å²) in [5.74, 6) is -0.0494. The van der Waals surface area contributed by atoms with E-state index in [1.807, 2.05) is 0 Å². The van der Waals surface area contributed by atoms with Crippen LogP contribution in [0, 0.1) is 5.92 Å². The second-order valence-corrected chi connectivity index (χ2v) is 3.60. The highest BCUT2D eigenvalue weighted by Crippen LogP contribution is 2.28. The van der Waals surface area contributed by atoms with E-state index in [1.165, 1.54) is 7.11 Å². The van der Waals surface area contributed by atoms with E-state index in [0.717, 1.165) is 25.7 Å². The van der Waals surface area contributed by atoms with Crippen LogP contribution in [0.4, 0.5) is 0 Å². The Bertz CT molecular complexity index is 147. The largest absolute Gasteiger partial charge is 0.469 e. The highest BCUT2D eigenvalue weighted by molar-refractivity contribution is 6.20. The van der Waals surface area contributed by atoms with E-state index >= 15 is 0 Å². The zero-order valence-electron chi connectivity index (χ0n) is 6.68. The van der Waals surface area contributed by atoms with Crippen molar-refractivity contribution >= 4 is 17.6 Å². The van der Waals surface area contributed by atoms with Crippen molar-refractivity contribution in [1.29, 1.82) is 0 Å². The van der Waals surface area contributed by atoms with Gasteiger partial charge in [0, 0.05) is 5.38 Å². The molecular weight excluding hydrogens is 164 g/mol. The third kappa shape index (κ3) is 2.37. The number of carbonyl (C=O) groups is 1. The minimum Gasteiger partial charge on any atom is -0.469 e. The summed E-state index contributed by atoms with van der Waals surface area (Å²) in [5.41, 5.74) is 0. The first-order valence-corrected chi connectivity index (χ1v) is 4.39. The number of carbonyl (C=O) groups excluding carboxylic acids is 1. The maximum absolute atomic E-state index is 11.0. The highest BCUT2D eigenvalue weighted by atomic mass is 35.5. The smallest absolute Gasteiger partial charge is 0.308 e. The van der Waals surface area contributed by atoms with Crippen molar-refractivity contribution in [3.8, 4) is 0 Å². The van der Waals surface area contributed by atoms with Crippen LogP contribution in [0.15, 0.2) is 0 Å². The molecule has 0 N–H and O–H groups in total.